The van der Waals surface area contributed by atoms with Crippen molar-refractivity contribution in [3.05, 3.63) is 46.2 Å². The van der Waals surface area contributed by atoms with Gasteiger partial charge in [-0.2, -0.15) is 5.10 Å². The maximum atomic E-state index is 13.1. The molecular weight excluding hydrogens is 390 g/mol. The van der Waals surface area contributed by atoms with Gasteiger partial charge in [0, 0.05) is 25.9 Å². The van der Waals surface area contributed by atoms with Gasteiger partial charge in [-0.1, -0.05) is 0 Å². The van der Waals surface area contributed by atoms with Crippen LogP contribution in [0.4, 0.5) is 0 Å². The molecule has 2 fully saturated rings. The molecular formula is C21H25N3O6. The van der Waals surface area contributed by atoms with E-state index in [1.165, 1.54) is 10.7 Å². The van der Waals surface area contributed by atoms with E-state index in [1.54, 1.807) is 36.3 Å². The molecule has 2 saturated heterocycles. The van der Waals surface area contributed by atoms with Gasteiger partial charge in [0.2, 0.25) is 11.3 Å². The first-order chi connectivity index (χ1) is 14.5. The molecule has 2 aliphatic rings. The Morgan fingerprint density at radius 1 is 1.17 bits per heavy atom. The Bertz CT molecular complexity index is 956. The predicted molar refractivity (Wildman–Crippen MR) is 107 cm³/mol. The third-order valence-corrected chi connectivity index (χ3v) is 5.33. The monoisotopic (exact) mass is 415 g/mol. The summed E-state index contributed by atoms with van der Waals surface area (Å²) in [5.74, 6) is -0.0350. The predicted octanol–water partition coefficient (Wildman–Crippen LogP) is 1.62. The Balaban J connectivity index is 1.62. The molecule has 30 heavy (non-hydrogen) atoms. The number of rotatable bonds is 5. The van der Waals surface area contributed by atoms with Crippen molar-refractivity contribution in [1.82, 2.24) is 14.7 Å². The lowest BCUT2D eigenvalue weighted by atomic mass is 10.0. The SMILES string of the molecule is CCOc1cc(=O)c(C(=O)N2CCC3(CC2)OCCO3)nn1-c1ccc(OC)cc1. The number of likely N-dealkylation sites (tertiary alicyclic amines) is 1. The molecule has 0 atom stereocenters. The third kappa shape index (κ3) is 3.90. The third-order valence-electron chi connectivity index (χ3n) is 5.33. The zero-order valence-electron chi connectivity index (χ0n) is 17.1. The number of hydrogen-bond donors (Lipinski definition) is 0. The highest BCUT2D eigenvalue weighted by atomic mass is 16.7. The van der Waals surface area contributed by atoms with E-state index in [-0.39, 0.29) is 11.6 Å². The standard InChI is InChI=1S/C21H25N3O6/c1-3-28-18-14-17(25)19(22-24(18)15-4-6-16(27-2)7-5-15)20(26)23-10-8-21(9-11-23)29-12-13-30-21/h4-7,14H,3,8-13H2,1-2H3. The van der Waals surface area contributed by atoms with Crippen molar-refractivity contribution in [1.29, 1.82) is 0 Å². The van der Waals surface area contributed by atoms with Crippen LogP contribution in [-0.2, 0) is 9.47 Å². The van der Waals surface area contributed by atoms with Gasteiger partial charge in [-0.3, -0.25) is 9.59 Å². The number of hydrogen-bond acceptors (Lipinski definition) is 7. The number of ether oxygens (including phenoxy) is 4. The molecule has 1 aromatic carbocycles. The average Bonchev–Trinajstić information content (AvgIpc) is 3.22. The lowest BCUT2D eigenvalue weighted by molar-refractivity contribution is -0.181. The summed E-state index contributed by atoms with van der Waals surface area (Å²) in [7, 11) is 1.58. The number of methoxy groups -OCH3 is 1. The summed E-state index contributed by atoms with van der Waals surface area (Å²) >= 11 is 0. The van der Waals surface area contributed by atoms with Crippen LogP contribution in [0.1, 0.15) is 30.3 Å². The summed E-state index contributed by atoms with van der Waals surface area (Å²) in [6.45, 7) is 4.20. The molecule has 0 radical (unpaired) electrons. The number of amides is 1. The molecule has 0 saturated carbocycles. The highest BCUT2D eigenvalue weighted by Crippen LogP contribution is 2.31. The van der Waals surface area contributed by atoms with Gasteiger partial charge in [0.25, 0.3) is 5.91 Å². The smallest absolute Gasteiger partial charge is 0.278 e. The van der Waals surface area contributed by atoms with Crippen molar-refractivity contribution in [3.8, 4) is 17.3 Å². The fourth-order valence-corrected chi connectivity index (χ4v) is 3.73. The fourth-order valence-electron chi connectivity index (χ4n) is 3.73. The molecule has 2 aliphatic heterocycles. The largest absolute Gasteiger partial charge is 0.497 e. The van der Waals surface area contributed by atoms with Crippen LogP contribution in [0.5, 0.6) is 11.6 Å². The van der Waals surface area contributed by atoms with Crippen LogP contribution in [0.15, 0.2) is 35.1 Å². The Hall–Kier alpha value is -2.91. The molecule has 0 N–H and O–H groups in total. The van der Waals surface area contributed by atoms with Crippen molar-refractivity contribution in [2.24, 2.45) is 0 Å². The van der Waals surface area contributed by atoms with E-state index in [2.05, 4.69) is 5.10 Å². The van der Waals surface area contributed by atoms with Crippen molar-refractivity contribution >= 4 is 5.91 Å². The quantitative estimate of drug-likeness (QED) is 0.733. The van der Waals surface area contributed by atoms with Gasteiger partial charge in [-0.05, 0) is 31.2 Å². The van der Waals surface area contributed by atoms with Crippen molar-refractivity contribution in [2.45, 2.75) is 25.6 Å². The Kier molecular flexibility index (Phi) is 5.74. The van der Waals surface area contributed by atoms with Crippen LogP contribution in [-0.4, -0.2) is 66.4 Å². The molecule has 9 heteroatoms. The summed E-state index contributed by atoms with van der Waals surface area (Å²) in [5.41, 5.74) is 0.0407. The van der Waals surface area contributed by atoms with E-state index in [0.29, 0.717) is 57.2 Å². The molecule has 1 aromatic heterocycles. The second-order valence-electron chi connectivity index (χ2n) is 7.14. The van der Waals surface area contributed by atoms with Gasteiger partial charge in [0.05, 0.1) is 38.7 Å². The minimum absolute atomic E-state index is 0.140. The Morgan fingerprint density at radius 3 is 2.43 bits per heavy atom. The van der Waals surface area contributed by atoms with Gasteiger partial charge < -0.3 is 23.8 Å². The molecule has 3 heterocycles. The number of carbonyl (C=O) groups is 1. The number of piperidine rings is 1. The van der Waals surface area contributed by atoms with E-state index >= 15 is 0 Å². The maximum Gasteiger partial charge on any atom is 0.278 e. The van der Waals surface area contributed by atoms with Crippen LogP contribution in [0.2, 0.25) is 0 Å². The minimum atomic E-state index is -0.591. The van der Waals surface area contributed by atoms with Gasteiger partial charge in [0.15, 0.2) is 11.5 Å². The summed E-state index contributed by atoms with van der Waals surface area (Å²) in [4.78, 5) is 27.4. The lowest BCUT2D eigenvalue weighted by Gasteiger charge is -2.37. The summed E-state index contributed by atoms with van der Waals surface area (Å²) in [6.07, 6.45) is 1.14. The molecule has 2 aromatic rings. The number of aromatic nitrogens is 2. The van der Waals surface area contributed by atoms with Crippen LogP contribution in [0.25, 0.3) is 5.69 Å². The molecule has 0 bridgehead atoms. The van der Waals surface area contributed by atoms with Gasteiger partial charge in [-0.15, -0.1) is 0 Å². The fraction of sp³-hybridized carbons (Fsp3) is 0.476. The minimum Gasteiger partial charge on any atom is -0.497 e. The first-order valence-electron chi connectivity index (χ1n) is 10.0. The van der Waals surface area contributed by atoms with Crippen molar-refractivity contribution < 1.29 is 23.7 Å². The van der Waals surface area contributed by atoms with E-state index in [1.807, 2.05) is 6.92 Å². The van der Waals surface area contributed by atoms with Crippen molar-refractivity contribution in [2.75, 3.05) is 40.0 Å². The van der Waals surface area contributed by atoms with E-state index < -0.39 is 17.1 Å². The number of benzene rings is 1. The van der Waals surface area contributed by atoms with Gasteiger partial charge >= 0.3 is 0 Å². The summed E-state index contributed by atoms with van der Waals surface area (Å²) in [6, 6.07) is 8.43. The van der Waals surface area contributed by atoms with Crippen LogP contribution in [0, 0.1) is 0 Å². The molecule has 1 amide bonds. The molecule has 9 nitrogen and oxygen atoms in total. The maximum absolute atomic E-state index is 13.1. The number of nitrogens with zero attached hydrogens (tertiary/aromatic N) is 3. The normalized spacial score (nSPS) is 17.9. The summed E-state index contributed by atoms with van der Waals surface area (Å²) < 4.78 is 23.7. The highest BCUT2D eigenvalue weighted by molar-refractivity contribution is 5.92. The first-order valence-corrected chi connectivity index (χ1v) is 10.0. The van der Waals surface area contributed by atoms with Crippen molar-refractivity contribution in [3.63, 3.8) is 0 Å². The molecule has 0 unspecified atom stereocenters. The first kappa shape index (κ1) is 20.4. The van der Waals surface area contributed by atoms with Crippen LogP contribution >= 0.6 is 0 Å². The Morgan fingerprint density at radius 2 is 1.83 bits per heavy atom. The zero-order chi connectivity index (χ0) is 21.1. The van der Waals surface area contributed by atoms with E-state index in [0.717, 1.165) is 0 Å². The molecule has 160 valence electrons. The Labute approximate surface area is 174 Å². The molecule has 1 spiro atoms. The summed E-state index contributed by atoms with van der Waals surface area (Å²) in [5, 5.41) is 4.37. The average molecular weight is 415 g/mol. The highest BCUT2D eigenvalue weighted by Gasteiger charge is 2.41. The number of carbonyl (C=O) groups excluding carboxylic acids is 1. The molecule has 0 aliphatic carbocycles. The second-order valence-corrected chi connectivity index (χ2v) is 7.14. The van der Waals surface area contributed by atoms with E-state index in [9.17, 15) is 9.59 Å². The second kappa shape index (κ2) is 8.45. The van der Waals surface area contributed by atoms with E-state index in [4.69, 9.17) is 18.9 Å². The zero-order valence-corrected chi connectivity index (χ0v) is 17.1. The van der Waals surface area contributed by atoms with Crippen LogP contribution < -0.4 is 14.9 Å². The molecule has 4 rings (SSSR count). The topological polar surface area (TPSA) is 92.1 Å². The van der Waals surface area contributed by atoms with Crippen LogP contribution in [0.3, 0.4) is 0 Å². The van der Waals surface area contributed by atoms with Gasteiger partial charge in [-0.25, -0.2) is 4.68 Å². The van der Waals surface area contributed by atoms with Gasteiger partial charge in [0.1, 0.15) is 5.75 Å². The lowest BCUT2D eigenvalue weighted by Crippen LogP contribution is -2.48.